The lowest BCUT2D eigenvalue weighted by atomic mass is 10.1. The molecular formula is C27H27N3O3S. The zero-order valence-electron chi connectivity index (χ0n) is 19.3. The highest BCUT2D eigenvalue weighted by Crippen LogP contribution is 2.26. The number of methoxy groups -OCH3 is 1. The Labute approximate surface area is 203 Å². The van der Waals surface area contributed by atoms with Crippen molar-refractivity contribution < 1.29 is 9.53 Å². The first-order chi connectivity index (χ1) is 16.5. The van der Waals surface area contributed by atoms with Crippen LogP contribution in [-0.4, -0.2) is 28.3 Å². The Balaban J connectivity index is 1.52. The first kappa shape index (κ1) is 23.6. The molecule has 0 aliphatic rings. The minimum Gasteiger partial charge on any atom is -0.495 e. The Bertz CT molecular complexity index is 1350. The van der Waals surface area contributed by atoms with E-state index in [9.17, 15) is 9.59 Å². The SMILES string of the molecule is COc1ccc(C)cc1NC(=O)CSc1nc2ccccc2c(=O)n1CCCc1ccccc1. The fourth-order valence-electron chi connectivity index (χ4n) is 3.78. The van der Waals surface area contributed by atoms with Gasteiger partial charge in [0.1, 0.15) is 5.75 Å². The van der Waals surface area contributed by atoms with Gasteiger partial charge in [0.25, 0.3) is 5.56 Å². The quantitative estimate of drug-likeness (QED) is 0.271. The molecule has 7 heteroatoms. The Kier molecular flexibility index (Phi) is 7.65. The molecule has 1 N–H and O–H groups in total. The van der Waals surface area contributed by atoms with Gasteiger partial charge < -0.3 is 10.1 Å². The Morgan fingerprint density at radius 1 is 1.06 bits per heavy atom. The summed E-state index contributed by atoms with van der Waals surface area (Å²) in [5.74, 6) is 0.540. The molecular weight excluding hydrogens is 446 g/mol. The Morgan fingerprint density at radius 2 is 1.82 bits per heavy atom. The predicted octanol–water partition coefficient (Wildman–Crippen LogP) is 5.08. The summed E-state index contributed by atoms with van der Waals surface area (Å²) in [7, 11) is 1.57. The monoisotopic (exact) mass is 473 g/mol. The smallest absolute Gasteiger partial charge is 0.262 e. The normalized spacial score (nSPS) is 10.9. The maximum Gasteiger partial charge on any atom is 0.262 e. The van der Waals surface area contributed by atoms with Gasteiger partial charge in [0.2, 0.25) is 5.91 Å². The molecule has 0 bridgehead atoms. The van der Waals surface area contributed by atoms with Gasteiger partial charge in [-0.15, -0.1) is 0 Å². The van der Waals surface area contributed by atoms with Gasteiger partial charge in [-0.1, -0.05) is 60.3 Å². The molecule has 0 saturated heterocycles. The molecule has 1 heterocycles. The van der Waals surface area contributed by atoms with Gasteiger partial charge in [0.05, 0.1) is 29.5 Å². The van der Waals surface area contributed by atoms with E-state index in [1.165, 1.54) is 17.3 Å². The van der Waals surface area contributed by atoms with Crippen LogP contribution >= 0.6 is 11.8 Å². The lowest BCUT2D eigenvalue weighted by Crippen LogP contribution is -2.24. The van der Waals surface area contributed by atoms with Crippen molar-refractivity contribution in [3.05, 3.63) is 94.3 Å². The number of carbonyl (C=O) groups is 1. The molecule has 6 nitrogen and oxygen atoms in total. The van der Waals surface area contributed by atoms with Crippen LogP contribution in [0.1, 0.15) is 17.5 Å². The number of hydrogen-bond donors (Lipinski definition) is 1. The van der Waals surface area contributed by atoms with E-state index in [1.54, 1.807) is 17.7 Å². The number of amides is 1. The van der Waals surface area contributed by atoms with Crippen LogP contribution in [0, 0.1) is 6.92 Å². The van der Waals surface area contributed by atoms with Crippen molar-refractivity contribution >= 4 is 34.3 Å². The van der Waals surface area contributed by atoms with Crippen LogP contribution in [0.25, 0.3) is 10.9 Å². The number of nitrogens with zero attached hydrogens (tertiary/aromatic N) is 2. The van der Waals surface area contributed by atoms with Crippen LogP contribution in [0.2, 0.25) is 0 Å². The number of fused-ring (bicyclic) bond motifs is 1. The zero-order valence-corrected chi connectivity index (χ0v) is 20.1. The number of aryl methyl sites for hydroxylation is 2. The van der Waals surface area contributed by atoms with E-state index in [0.29, 0.717) is 34.0 Å². The third-order valence-corrected chi connectivity index (χ3v) is 6.45. The second kappa shape index (κ2) is 11.0. The van der Waals surface area contributed by atoms with Crippen molar-refractivity contribution in [1.82, 2.24) is 9.55 Å². The summed E-state index contributed by atoms with van der Waals surface area (Å²) in [5.41, 5.74) is 3.42. The molecule has 34 heavy (non-hydrogen) atoms. The molecule has 0 fully saturated rings. The number of aromatic nitrogens is 2. The molecule has 4 aromatic rings. The first-order valence-corrected chi connectivity index (χ1v) is 12.1. The molecule has 0 unspecified atom stereocenters. The van der Waals surface area contributed by atoms with Crippen molar-refractivity contribution in [2.24, 2.45) is 0 Å². The molecule has 174 valence electrons. The van der Waals surface area contributed by atoms with Gasteiger partial charge in [0.15, 0.2) is 5.16 Å². The average molecular weight is 474 g/mol. The summed E-state index contributed by atoms with van der Waals surface area (Å²) in [5, 5.41) is 4.04. The predicted molar refractivity (Wildman–Crippen MR) is 138 cm³/mol. The molecule has 0 spiro atoms. The van der Waals surface area contributed by atoms with Gasteiger partial charge in [0, 0.05) is 6.54 Å². The van der Waals surface area contributed by atoms with E-state index in [2.05, 4.69) is 17.4 Å². The van der Waals surface area contributed by atoms with Gasteiger partial charge in [-0.2, -0.15) is 0 Å². The molecule has 0 atom stereocenters. The number of para-hydroxylation sites is 1. The second-order valence-electron chi connectivity index (χ2n) is 8.00. The maximum absolute atomic E-state index is 13.2. The molecule has 0 radical (unpaired) electrons. The highest BCUT2D eigenvalue weighted by Gasteiger charge is 2.14. The van der Waals surface area contributed by atoms with Crippen molar-refractivity contribution in [3.8, 4) is 5.75 Å². The molecule has 0 saturated carbocycles. The van der Waals surface area contributed by atoms with Gasteiger partial charge in [-0.3, -0.25) is 14.2 Å². The van der Waals surface area contributed by atoms with E-state index in [1.807, 2.05) is 61.5 Å². The van der Waals surface area contributed by atoms with Crippen LogP contribution in [0.3, 0.4) is 0 Å². The number of ether oxygens (including phenoxy) is 1. The first-order valence-electron chi connectivity index (χ1n) is 11.2. The van der Waals surface area contributed by atoms with Crippen LogP contribution in [-0.2, 0) is 17.8 Å². The maximum atomic E-state index is 13.2. The van der Waals surface area contributed by atoms with Crippen molar-refractivity contribution in [3.63, 3.8) is 0 Å². The number of hydrogen-bond acceptors (Lipinski definition) is 5. The van der Waals surface area contributed by atoms with Crippen LogP contribution in [0.15, 0.2) is 82.7 Å². The van der Waals surface area contributed by atoms with E-state index in [4.69, 9.17) is 9.72 Å². The fourth-order valence-corrected chi connectivity index (χ4v) is 4.60. The number of nitrogens with one attached hydrogen (secondary N) is 1. The van der Waals surface area contributed by atoms with Crippen molar-refractivity contribution in [2.75, 3.05) is 18.2 Å². The molecule has 3 aromatic carbocycles. The van der Waals surface area contributed by atoms with Crippen molar-refractivity contribution in [1.29, 1.82) is 0 Å². The summed E-state index contributed by atoms with van der Waals surface area (Å²) in [6, 6.07) is 23.1. The minimum atomic E-state index is -0.188. The lowest BCUT2D eigenvalue weighted by molar-refractivity contribution is -0.113. The fraction of sp³-hybridized carbons (Fsp3) is 0.222. The van der Waals surface area contributed by atoms with Gasteiger partial charge in [-0.05, 0) is 55.2 Å². The summed E-state index contributed by atoms with van der Waals surface area (Å²) >= 11 is 1.27. The third kappa shape index (κ3) is 5.66. The molecule has 4 rings (SSSR count). The Morgan fingerprint density at radius 3 is 2.62 bits per heavy atom. The van der Waals surface area contributed by atoms with E-state index in [0.717, 1.165) is 18.4 Å². The molecule has 1 aromatic heterocycles. The van der Waals surface area contributed by atoms with E-state index in [-0.39, 0.29) is 17.2 Å². The largest absolute Gasteiger partial charge is 0.495 e. The average Bonchev–Trinajstić information content (AvgIpc) is 2.85. The van der Waals surface area contributed by atoms with E-state index >= 15 is 0 Å². The number of rotatable bonds is 9. The number of benzene rings is 3. The zero-order chi connectivity index (χ0) is 23.9. The standard InChI is InChI=1S/C27H27N3O3S/c1-19-14-15-24(33-2)23(17-19)28-25(31)18-34-27-29-22-13-7-6-12-21(22)26(32)30(27)16-8-11-20-9-4-3-5-10-20/h3-7,9-10,12-15,17H,8,11,16,18H2,1-2H3,(H,28,31). The second-order valence-corrected chi connectivity index (χ2v) is 8.94. The number of anilines is 1. The summed E-state index contributed by atoms with van der Waals surface area (Å²) in [6.45, 7) is 2.48. The van der Waals surface area contributed by atoms with Crippen LogP contribution in [0.4, 0.5) is 5.69 Å². The highest BCUT2D eigenvalue weighted by molar-refractivity contribution is 7.99. The van der Waals surface area contributed by atoms with Gasteiger partial charge in [-0.25, -0.2) is 4.98 Å². The highest BCUT2D eigenvalue weighted by atomic mass is 32.2. The van der Waals surface area contributed by atoms with Crippen LogP contribution < -0.4 is 15.6 Å². The summed E-state index contributed by atoms with van der Waals surface area (Å²) < 4.78 is 7.04. The van der Waals surface area contributed by atoms with Crippen LogP contribution in [0.5, 0.6) is 5.75 Å². The summed E-state index contributed by atoms with van der Waals surface area (Å²) in [6.07, 6.45) is 1.65. The Hall–Kier alpha value is -3.58. The number of carbonyl (C=O) groups excluding carboxylic acids is 1. The topological polar surface area (TPSA) is 73.2 Å². The molecule has 0 aliphatic carbocycles. The third-order valence-electron chi connectivity index (χ3n) is 5.48. The molecule has 0 aliphatic heterocycles. The summed E-state index contributed by atoms with van der Waals surface area (Å²) in [4.78, 5) is 30.7. The van der Waals surface area contributed by atoms with E-state index < -0.39 is 0 Å². The molecule has 1 amide bonds. The van der Waals surface area contributed by atoms with Crippen molar-refractivity contribution in [2.45, 2.75) is 31.5 Å². The van der Waals surface area contributed by atoms with Gasteiger partial charge >= 0.3 is 0 Å². The number of thioether (sulfide) groups is 1. The minimum absolute atomic E-state index is 0.0816. The lowest BCUT2D eigenvalue weighted by Gasteiger charge is -2.14.